The number of ether oxygens (including phenoxy) is 1. The molecule has 0 bridgehead atoms. The van der Waals surface area contributed by atoms with Crippen LogP contribution in [0.4, 0.5) is 0 Å². The molecule has 0 fully saturated rings. The van der Waals surface area contributed by atoms with Gasteiger partial charge < -0.3 is 10.5 Å². The number of rotatable bonds is 4. The van der Waals surface area contributed by atoms with Crippen LogP contribution in [0.1, 0.15) is 25.8 Å². The second-order valence-corrected chi connectivity index (χ2v) is 3.65. The monoisotopic (exact) mass is 207 g/mol. The second-order valence-electron chi connectivity index (χ2n) is 3.65. The molecule has 2 N–H and O–H groups in total. The molecule has 1 aromatic carbocycles. The first-order valence-corrected chi connectivity index (χ1v) is 5.17. The summed E-state index contributed by atoms with van der Waals surface area (Å²) in [5, 5.41) is 0. The topological polar surface area (TPSA) is 52.3 Å². The van der Waals surface area contributed by atoms with Crippen molar-refractivity contribution in [2.24, 2.45) is 5.73 Å². The van der Waals surface area contributed by atoms with Crippen LogP contribution in [0.15, 0.2) is 24.3 Å². The van der Waals surface area contributed by atoms with Crippen molar-refractivity contribution in [2.75, 3.05) is 0 Å². The summed E-state index contributed by atoms with van der Waals surface area (Å²) in [6.45, 7) is 3.73. The Morgan fingerprint density at radius 2 is 2.00 bits per heavy atom. The van der Waals surface area contributed by atoms with Crippen molar-refractivity contribution in [3.8, 4) is 5.75 Å². The molecule has 0 aromatic heterocycles. The molecule has 0 aliphatic carbocycles. The van der Waals surface area contributed by atoms with E-state index in [0.29, 0.717) is 12.2 Å². The first kappa shape index (κ1) is 11.7. The number of nitrogens with two attached hydrogens (primary N) is 1. The molecule has 0 saturated heterocycles. The average molecular weight is 207 g/mol. The van der Waals surface area contributed by atoms with Crippen molar-refractivity contribution < 1.29 is 9.53 Å². The van der Waals surface area contributed by atoms with Gasteiger partial charge in [0.05, 0.1) is 0 Å². The summed E-state index contributed by atoms with van der Waals surface area (Å²) in [7, 11) is 0. The quantitative estimate of drug-likeness (QED) is 0.606. The van der Waals surface area contributed by atoms with Crippen molar-refractivity contribution >= 4 is 5.97 Å². The lowest BCUT2D eigenvalue weighted by molar-refractivity contribution is -0.134. The van der Waals surface area contributed by atoms with E-state index in [1.807, 2.05) is 19.1 Å². The summed E-state index contributed by atoms with van der Waals surface area (Å²) in [5.74, 6) is 0.380. The fourth-order valence-corrected chi connectivity index (χ4v) is 1.27. The Morgan fingerprint density at radius 1 is 1.40 bits per heavy atom. The molecule has 0 amide bonds. The summed E-state index contributed by atoms with van der Waals surface area (Å²) in [6.07, 6.45) is 1.23. The van der Waals surface area contributed by atoms with Gasteiger partial charge in [0.15, 0.2) is 0 Å². The largest absolute Gasteiger partial charge is 0.427 e. The summed E-state index contributed by atoms with van der Waals surface area (Å²) < 4.78 is 5.05. The Morgan fingerprint density at radius 3 is 2.47 bits per heavy atom. The van der Waals surface area contributed by atoms with Gasteiger partial charge in [0.25, 0.3) is 0 Å². The maximum absolute atomic E-state index is 11.0. The first-order chi connectivity index (χ1) is 7.11. The van der Waals surface area contributed by atoms with E-state index in [1.165, 1.54) is 0 Å². The maximum Gasteiger partial charge on any atom is 0.310 e. The van der Waals surface area contributed by atoms with Crippen LogP contribution < -0.4 is 10.5 Å². The highest BCUT2D eigenvalue weighted by molar-refractivity contribution is 5.71. The summed E-state index contributed by atoms with van der Waals surface area (Å²) in [4.78, 5) is 11.0. The zero-order valence-corrected chi connectivity index (χ0v) is 9.19. The molecule has 0 aliphatic rings. The molecule has 0 heterocycles. The highest BCUT2D eigenvalue weighted by Crippen LogP contribution is 2.13. The van der Waals surface area contributed by atoms with Gasteiger partial charge in [-0.25, -0.2) is 0 Å². The second kappa shape index (κ2) is 5.51. The molecule has 0 spiro atoms. The highest BCUT2D eigenvalue weighted by Gasteiger charge is 2.02. The van der Waals surface area contributed by atoms with Crippen LogP contribution in [0.25, 0.3) is 0 Å². The predicted molar refractivity (Wildman–Crippen MR) is 59.7 cm³/mol. The zero-order valence-electron chi connectivity index (χ0n) is 9.19. The van der Waals surface area contributed by atoms with E-state index >= 15 is 0 Å². The number of hydrogen-bond acceptors (Lipinski definition) is 3. The van der Waals surface area contributed by atoms with E-state index in [4.69, 9.17) is 10.5 Å². The van der Waals surface area contributed by atoms with Gasteiger partial charge in [0.1, 0.15) is 5.75 Å². The average Bonchev–Trinajstić information content (AvgIpc) is 2.20. The van der Waals surface area contributed by atoms with Crippen molar-refractivity contribution in [1.82, 2.24) is 0 Å². The normalized spacial score (nSPS) is 12.2. The Hall–Kier alpha value is -1.35. The molecular formula is C12H17NO2. The standard InChI is InChI=1S/C12H17NO2/c1-3-12(14)15-11-6-4-10(5-7-11)8-9(2)13/h4-7,9H,3,8,13H2,1-2H3. The van der Waals surface area contributed by atoms with Crippen molar-refractivity contribution in [1.29, 1.82) is 0 Å². The van der Waals surface area contributed by atoms with E-state index in [2.05, 4.69) is 0 Å². The lowest BCUT2D eigenvalue weighted by Crippen LogP contribution is -2.17. The van der Waals surface area contributed by atoms with Crippen molar-refractivity contribution in [3.63, 3.8) is 0 Å². The fourth-order valence-electron chi connectivity index (χ4n) is 1.27. The van der Waals surface area contributed by atoms with Gasteiger partial charge in [-0.05, 0) is 31.0 Å². The molecule has 1 rings (SSSR count). The zero-order chi connectivity index (χ0) is 11.3. The highest BCUT2D eigenvalue weighted by atomic mass is 16.5. The molecule has 1 aromatic rings. The maximum atomic E-state index is 11.0. The van der Waals surface area contributed by atoms with Crippen LogP contribution in [0.2, 0.25) is 0 Å². The minimum absolute atomic E-state index is 0.147. The predicted octanol–water partition coefficient (Wildman–Crippen LogP) is 1.89. The number of carbonyl (C=O) groups is 1. The third kappa shape index (κ3) is 4.13. The number of esters is 1. The lowest BCUT2D eigenvalue weighted by atomic mass is 10.1. The van der Waals surface area contributed by atoms with E-state index in [1.54, 1.807) is 19.1 Å². The first-order valence-electron chi connectivity index (χ1n) is 5.17. The van der Waals surface area contributed by atoms with E-state index in [0.717, 1.165) is 12.0 Å². The molecule has 3 nitrogen and oxygen atoms in total. The minimum atomic E-state index is -0.213. The molecule has 1 atom stereocenters. The van der Waals surface area contributed by atoms with Gasteiger partial charge in [-0.3, -0.25) is 4.79 Å². The van der Waals surface area contributed by atoms with Crippen LogP contribution in [0.3, 0.4) is 0 Å². The van der Waals surface area contributed by atoms with Crippen LogP contribution in [-0.4, -0.2) is 12.0 Å². The number of benzene rings is 1. The van der Waals surface area contributed by atoms with Gasteiger partial charge in [-0.1, -0.05) is 19.1 Å². The van der Waals surface area contributed by atoms with Crippen LogP contribution in [0.5, 0.6) is 5.75 Å². The smallest absolute Gasteiger partial charge is 0.310 e. The van der Waals surface area contributed by atoms with Crippen LogP contribution in [-0.2, 0) is 11.2 Å². The van der Waals surface area contributed by atoms with E-state index < -0.39 is 0 Å². The van der Waals surface area contributed by atoms with Crippen molar-refractivity contribution in [2.45, 2.75) is 32.7 Å². The summed E-state index contributed by atoms with van der Waals surface area (Å²) >= 11 is 0. The van der Waals surface area contributed by atoms with E-state index in [-0.39, 0.29) is 12.0 Å². The van der Waals surface area contributed by atoms with E-state index in [9.17, 15) is 4.79 Å². The fraction of sp³-hybridized carbons (Fsp3) is 0.417. The molecular weight excluding hydrogens is 190 g/mol. The third-order valence-corrected chi connectivity index (χ3v) is 2.00. The number of carbonyl (C=O) groups excluding carboxylic acids is 1. The molecule has 0 saturated carbocycles. The summed E-state index contributed by atoms with van der Waals surface area (Å²) in [6, 6.07) is 7.61. The van der Waals surface area contributed by atoms with Crippen LogP contribution >= 0.6 is 0 Å². The Labute approximate surface area is 90.2 Å². The molecule has 1 unspecified atom stereocenters. The van der Waals surface area contributed by atoms with Gasteiger partial charge in [0.2, 0.25) is 0 Å². The summed E-state index contributed by atoms with van der Waals surface area (Å²) in [5.41, 5.74) is 6.83. The molecule has 15 heavy (non-hydrogen) atoms. The lowest BCUT2D eigenvalue weighted by Gasteiger charge is -2.06. The molecule has 3 heteroatoms. The Balaban J connectivity index is 2.60. The van der Waals surface area contributed by atoms with Crippen molar-refractivity contribution in [3.05, 3.63) is 29.8 Å². The van der Waals surface area contributed by atoms with Gasteiger partial charge in [-0.2, -0.15) is 0 Å². The Bertz CT molecular complexity index is 317. The van der Waals surface area contributed by atoms with Gasteiger partial charge >= 0.3 is 5.97 Å². The third-order valence-electron chi connectivity index (χ3n) is 2.00. The number of hydrogen-bond donors (Lipinski definition) is 1. The molecule has 82 valence electrons. The van der Waals surface area contributed by atoms with Gasteiger partial charge in [0, 0.05) is 12.5 Å². The SMILES string of the molecule is CCC(=O)Oc1ccc(CC(C)N)cc1. The van der Waals surface area contributed by atoms with Crippen LogP contribution in [0, 0.1) is 0 Å². The Kier molecular flexibility index (Phi) is 4.31. The van der Waals surface area contributed by atoms with Gasteiger partial charge in [-0.15, -0.1) is 0 Å². The molecule has 0 aliphatic heterocycles. The molecule has 0 radical (unpaired) electrons. The minimum Gasteiger partial charge on any atom is -0.427 e.